The van der Waals surface area contributed by atoms with Crippen molar-refractivity contribution in [3.8, 4) is 11.8 Å². The van der Waals surface area contributed by atoms with E-state index in [2.05, 4.69) is 42.4 Å². The number of carbonyl (C=O) groups is 1. The number of alkyl halides is 3. The van der Waals surface area contributed by atoms with Crippen molar-refractivity contribution in [3.63, 3.8) is 0 Å². The highest BCUT2D eigenvalue weighted by atomic mass is 19.4. The first kappa shape index (κ1) is 34.6. The molecule has 0 radical (unpaired) electrons. The number of piperazine rings is 1. The fourth-order valence-electron chi connectivity index (χ4n) is 5.07. The molecule has 13 heteroatoms. The van der Waals surface area contributed by atoms with E-state index in [1.807, 2.05) is 18.9 Å². The van der Waals surface area contributed by atoms with Crippen LogP contribution in [0, 0.1) is 18.8 Å². The first-order valence-corrected chi connectivity index (χ1v) is 15.6. The van der Waals surface area contributed by atoms with Gasteiger partial charge in [-0.05, 0) is 69.6 Å². The number of nitrogens with zero attached hydrogens (tertiary/aromatic N) is 6. The van der Waals surface area contributed by atoms with Crippen LogP contribution in [0.2, 0.25) is 0 Å². The molecule has 4 aromatic rings. The zero-order valence-corrected chi connectivity index (χ0v) is 27.4. The van der Waals surface area contributed by atoms with Crippen molar-refractivity contribution in [1.82, 2.24) is 29.5 Å². The first-order chi connectivity index (χ1) is 22.7. The van der Waals surface area contributed by atoms with Gasteiger partial charge in [0.2, 0.25) is 5.95 Å². The Bertz CT molecular complexity index is 1800. The van der Waals surface area contributed by atoms with Crippen LogP contribution in [0.3, 0.4) is 0 Å². The Morgan fingerprint density at radius 1 is 0.979 bits per heavy atom. The summed E-state index contributed by atoms with van der Waals surface area (Å²) in [7, 11) is 1.99. The van der Waals surface area contributed by atoms with E-state index in [4.69, 9.17) is 0 Å². The summed E-state index contributed by atoms with van der Waals surface area (Å²) in [6, 6.07) is 8.91. The molecule has 3 N–H and O–H groups in total. The van der Waals surface area contributed by atoms with Crippen molar-refractivity contribution in [2.45, 2.75) is 52.1 Å². The lowest BCUT2D eigenvalue weighted by atomic mass is 10.0. The van der Waals surface area contributed by atoms with Crippen molar-refractivity contribution < 1.29 is 23.1 Å². The Balaban J connectivity index is 1.23. The predicted octanol–water partition coefficient (Wildman–Crippen LogP) is 5.30. The summed E-state index contributed by atoms with van der Waals surface area (Å²) in [5.74, 6) is 5.87. The SMILES string of the molecule is Cc1ccc(C(=O)Nc2ccc(CN3CCN(C)CC3)c(C(F)(F)F)c2)cc1C#Cc1cnc(Nc2cnn(CCC(C)(C)O)c2)nc1. The van der Waals surface area contributed by atoms with Gasteiger partial charge in [0.1, 0.15) is 0 Å². The molecule has 48 heavy (non-hydrogen) atoms. The van der Waals surface area contributed by atoms with Gasteiger partial charge < -0.3 is 20.6 Å². The molecule has 2 aromatic carbocycles. The number of hydrogen-bond donors (Lipinski definition) is 3. The summed E-state index contributed by atoms with van der Waals surface area (Å²) in [4.78, 5) is 25.9. The minimum atomic E-state index is -4.56. The van der Waals surface area contributed by atoms with E-state index >= 15 is 0 Å². The molecule has 1 aliphatic heterocycles. The maximum atomic E-state index is 14.0. The van der Waals surface area contributed by atoms with E-state index in [9.17, 15) is 23.1 Å². The van der Waals surface area contributed by atoms with Gasteiger partial charge >= 0.3 is 6.18 Å². The summed E-state index contributed by atoms with van der Waals surface area (Å²) < 4.78 is 43.8. The Kier molecular flexibility index (Phi) is 10.5. The van der Waals surface area contributed by atoms with Crippen LogP contribution < -0.4 is 10.6 Å². The van der Waals surface area contributed by atoms with Crippen LogP contribution in [0.5, 0.6) is 0 Å². The lowest BCUT2D eigenvalue weighted by Gasteiger charge is -2.33. The van der Waals surface area contributed by atoms with Gasteiger partial charge in [0.05, 0.1) is 28.6 Å². The third kappa shape index (κ3) is 9.63. The summed E-state index contributed by atoms with van der Waals surface area (Å²) in [6.07, 6.45) is 2.58. The summed E-state index contributed by atoms with van der Waals surface area (Å²) in [5.41, 5.74) is 1.63. The number of hydrogen-bond acceptors (Lipinski definition) is 8. The Hall–Kier alpha value is -4.77. The number of amides is 1. The minimum absolute atomic E-state index is 0.0648. The van der Waals surface area contributed by atoms with Crippen LogP contribution in [-0.2, 0) is 19.3 Å². The number of aliphatic hydroxyl groups is 1. The average molecular weight is 661 g/mol. The van der Waals surface area contributed by atoms with E-state index in [1.54, 1.807) is 61.5 Å². The number of halogens is 3. The van der Waals surface area contributed by atoms with Gasteiger partial charge in [0.25, 0.3) is 5.91 Å². The molecule has 2 aromatic heterocycles. The quantitative estimate of drug-likeness (QED) is 0.208. The summed E-state index contributed by atoms with van der Waals surface area (Å²) in [5, 5.41) is 19.9. The van der Waals surface area contributed by atoms with Gasteiger partial charge in [-0.1, -0.05) is 24.0 Å². The van der Waals surface area contributed by atoms with Crippen molar-refractivity contribution >= 4 is 23.2 Å². The molecule has 0 spiro atoms. The van der Waals surface area contributed by atoms with E-state index in [1.165, 1.54) is 12.1 Å². The molecule has 0 unspecified atom stereocenters. The molecule has 252 valence electrons. The van der Waals surface area contributed by atoms with Gasteiger partial charge in [0.15, 0.2) is 0 Å². The maximum absolute atomic E-state index is 14.0. The largest absolute Gasteiger partial charge is 0.416 e. The van der Waals surface area contributed by atoms with Crippen molar-refractivity contribution in [2.24, 2.45) is 0 Å². The molecule has 0 atom stereocenters. The van der Waals surface area contributed by atoms with E-state index in [-0.39, 0.29) is 23.4 Å². The van der Waals surface area contributed by atoms with Crippen molar-refractivity contribution in [1.29, 1.82) is 0 Å². The van der Waals surface area contributed by atoms with E-state index < -0.39 is 23.2 Å². The number of benzene rings is 2. The second-order valence-electron chi connectivity index (χ2n) is 12.7. The molecular weight excluding hydrogens is 621 g/mol. The molecule has 1 fully saturated rings. The maximum Gasteiger partial charge on any atom is 0.416 e. The molecule has 5 rings (SSSR count). The predicted molar refractivity (Wildman–Crippen MR) is 178 cm³/mol. The second kappa shape index (κ2) is 14.6. The van der Waals surface area contributed by atoms with Crippen LogP contribution >= 0.6 is 0 Å². The van der Waals surface area contributed by atoms with Crippen LogP contribution in [0.25, 0.3) is 0 Å². The zero-order valence-electron chi connectivity index (χ0n) is 27.4. The summed E-state index contributed by atoms with van der Waals surface area (Å²) in [6.45, 7) is 9.09. The molecule has 0 aliphatic carbocycles. The fourth-order valence-corrected chi connectivity index (χ4v) is 5.07. The summed E-state index contributed by atoms with van der Waals surface area (Å²) >= 11 is 0. The number of aryl methyl sites for hydroxylation is 2. The lowest BCUT2D eigenvalue weighted by molar-refractivity contribution is -0.138. The van der Waals surface area contributed by atoms with Crippen molar-refractivity contribution in [2.75, 3.05) is 43.9 Å². The number of carbonyl (C=O) groups excluding carboxylic acids is 1. The second-order valence-corrected chi connectivity index (χ2v) is 12.7. The molecule has 0 saturated carbocycles. The van der Waals surface area contributed by atoms with Crippen molar-refractivity contribution in [3.05, 3.63) is 94.6 Å². The number of rotatable bonds is 9. The third-order valence-corrected chi connectivity index (χ3v) is 8.00. The van der Waals surface area contributed by atoms with E-state index in [0.717, 1.165) is 24.7 Å². The highest BCUT2D eigenvalue weighted by Gasteiger charge is 2.34. The van der Waals surface area contributed by atoms with Crippen LogP contribution in [-0.4, -0.2) is 79.4 Å². The Morgan fingerprint density at radius 3 is 2.40 bits per heavy atom. The van der Waals surface area contributed by atoms with Crippen LogP contribution in [0.4, 0.5) is 30.5 Å². The van der Waals surface area contributed by atoms with Crippen LogP contribution in [0.15, 0.2) is 61.2 Å². The number of likely N-dealkylation sites (N-methyl/N-ethyl adjacent to an activating group) is 1. The minimum Gasteiger partial charge on any atom is -0.390 e. The number of anilines is 3. The van der Waals surface area contributed by atoms with Gasteiger partial charge in [-0.15, -0.1) is 0 Å². The van der Waals surface area contributed by atoms with Crippen LogP contribution in [0.1, 0.15) is 58.4 Å². The number of nitrogens with one attached hydrogen (secondary N) is 2. The molecule has 0 bridgehead atoms. The molecule has 1 aliphatic rings. The van der Waals surface area contributed by atoms with Gasteiger partial charge in [-0.3, -0.25) is 14.4 Å². The van der Waals surface area contributed by atoms with E-state index in [0.29, 0.717) is 48.8 Å². The molecular formula is C35H39F3N8O2. The standard InChI is InChI=1S/C35H39F3N8O2/c1-24-5-7-27(32(47)42-29-10-9-28(31(18-29)35(36,37)38)22-45-15-13-44(4)14-16-45)17-26(24)8-6-25-19-39-33(40-20-25)43-30-21-41-46(23-30)12-11-34(2,3)48/h5,7,9-10,17-21,23,48H,11-16,22H2,1-4H3,(H,42,47)(H,39,40,43). The fraction of sp³-hybridized carbons (Fsp3) is 0.371. The number of aromatic nitrogens is 4. The topological polar surface area (TPSA) is 111 Å². The first-order valence-electron chi connectivity index (χ1n) is 15.6. The zero-order chi connectivity index (χ0) is 34.5. The highest BCUT2D eigenvalue weighted by molar-refractivity contribution is 6.04. The highest BCUT2D eigenvalue weighted by Crippen LogP contribution is 2.35. The molecule has 3 heterocycles. The van der Waals surface area contributed by atoms with Gasteiger partial charge in [-0.25, -0.2) is 9.97 Å². The Labute approximate surface area is 278 Å². The molecule has 1 saturated heterocycles. The third-order valence-electron chi connectivity index (χ3n) is 8.00. The Morgan fingerprint density at radius 2 is 1.71 bits per heavy atom. The van der Waals surface area contributed by atoms with Gasteiger partial charge in [-0.2, -0.15) is 18.3 Å². The molecule has 1 amide bonds. The lowest BCUT2D eigenvalue weighted by Crippen LogP contribution is -2.44. The van der Waals surface area contributed by atoms with Gasteiger partial charge in [0, 0.05) is 74.7 Å². The average Bonchev–Trinajstić information content (AvgIpc) is 3.48. The normalized spacial score (nSPS) is 14.3. The smallest absolute Gasteiger partial charge is 0.390 e. The monoisotopic (exact) mass is 660 g/mol. The molecule has 10 nitrogen and oxygen atoms in total.